The Kier molecular flexibility index (Phi) is 5.46. The van der Waals surface area contributed by atoms with E-state index in [1.165, 1.54) is 30.5 Å². The van der Waals surface area contributed by atoms with Crippen molar-refractivity contribution in [2.45, 2.75) is 6.92 Å². The highest BCUT2D eigenvalue weighted by atomic mass is 19.1. The average molecular weight is 357 g/mol. The fourth-order valence-corrected chi connectivity index (χ4v) is 2.82. The summed E-state index contributed by atoms with van der Waals surface area (Å²) >= 11 is 0. The number of hydrogen-bond donors (Lipinski definition) is 0. The molecule has 6 nitrogen and oxygen atoms in total. The van der Waals surface area contributed by atoms with Crippen molar-refractivity contribution in [2.24, 2.45) is 0 Å². The Hall–Kier alpha value is -2.96. The van der Waals surface area contributed by atoms with E-state index in [1.54, 1.807) is 24.0 Å². The largest absolute Gasteiger partial charge is 0.462 e. The van der Waals surface area contributed by atoms with E-state index in [4.69, 9.17) is 4.74 Å². The number of anilines is 1. The lowest BCUT2D eigenvalue weighted by Gasteiger charge is -2.35. The molecule has 0 atom stereocenters. The van der Waals surface area contributed by atoms with Crippen LogP contribution in [-0.4, -0.2) is 54.5 Å². The van der Waals surface area contributed by atoms with Crippen LogP contribution in [0.2, 0.25) is 0 Å². The van der Waals surface area contributed by atoms with Crippen molar-refractivity contribution < 1.29 is 18.7 Å². The molecule has 0 aliphatic carbocycles. The molecule has 1 aliphatic heterocycles. The van der Waals surface area contributed by atoms with Crippen molar-refractivity contribution in [3.8, 4) is 0 Å². The van der Waals surface area contributed by atoms with Crippen molar-refractivity contribution in [2.75, 3.05) is 37.7 Å². The molecule has 0 saturated carbocycles. The zero-order chi connectivity index (χ0) is 18.5. The number of pyridine rings is 1. The SMILES string of the molecule is CCOC(=O)c1ccc(N2CCN(C(=O)c3ccc(F)cc3)CC2)nc1. The van der Waals surface area contributed by atoms with Gasteiger partial charge in [-0.05, 0) is 43.3 Å². The Morgan fingerprint density at radius 2 is 1.69 bits per heavy atom. The summed E-state index contributed by atoms with van der Waals surface area (Å²) in [6.45, 7) is 4.46. The molecule has 1 fully saturated rings. The molecule has 3 rings (SSSR count). The van der Waals surface area contributed by atoms with E-state index in [1.807, 2.05) is 0 Å². The zero-order valence-electron chi connectivity index (χ0n) is 14.5. The summed E-state index contributed by atoms with van der Waals surface area (Å²) in [5.41, 5.74) is 0.900. The van der Waals surface area contributed by atoms with Crippen LogP contribution in [0, 0.1) is 5.82 Å². The third kappa shape index (κ3) is 3.99. The van der Waals surface area contributed by atoms with E-state index < -0.39 is 0 Å². The molecule has 2 heterocycles. The number of nitrogens with zero attached hydrogens (tertiary/aromatic N) is 3. The molecule has 7 heteroatoms. The molecular weight excluding hydrogens is 337 g/mol. The second-order valence-electron chi connectivity index (χ2n) is 5.91. The van der Waals surface area contributed by atoms with Crippen molar-refractivity contribution in [3.63, 3.8) is 0 Å². The number of piperazine rings is 1. The highest BCUT2D eigenvalue weighted by Crippen LogP contribution is 2.16. The number of aromatic nitrogens is 1. The number of carbonyl (C=O) groups excluding carboxylic acids is 2. The van der Waals surface area contributed by atoms with E-state index in [9.17, 15) is 14.0 Å². The summed E-state index contributed by atoms with van der Waals surface area (Å²) in [4.78, 5) is 32.2. The molecule has 1 saturated heterocycles. The fourth-order valence-electron chi connectivity index (χ4n) is 2.82. The van der Waals surface area contributed by atoms with Gasteiger partial charge in [0.25, 0.3) is 5.91 Å². The minimum Gasteiger partial charge on any atom is -0.462 e. The Balaban J connectivity index is 1.59. The average Bonchev–Trinajstić information content (AvgIpc) is 2.68. The van der Waals surface area contributed by atoms with Crippen LogP contribution in [0.1, 0.15) is 27.6 Å². The normalized spacial score (nSPS) is 14.2. The monoisotopic (exact) mass is 357 g/mol. The standard InChI is InChI=1S/C19H20FN3O3/c1-2-26-19(25)15-5-8-17(21-13-15)22-9-11-23(12-10-22)18(24)14-3-6-16(20)7-4-14/h3-8,13H,2,9-12H2,1H3. The summed E-state index contributed by atoms with van der Waals surface area (Å²) < 4.78 is 17.9. The smallest absolute Gasteiger partial charge is 0.339 e. The third-order valence-corrected chi connectivity index (χ3v) is 4.24. The highest BCUT2D eigenvalue weighted by Gasteiger charge is 2.23. The Labute approximate surface area is 151 Å². The predicted molar refractivity (Wildman–Crippen MR) is 94.7 cm³/mol. The Morgan fingerprint density at radius 1 is 1.04 bits per heavy atom. The number of rotatable bonds is 4. The lowest BCUT2D eigenvalue weighted by Crippen LogP contribution is -2.49. The molecule has 0 N–H and O–H groups in total. The van der Waals surface area contributed by atoms with Gasteiger partial charge in [-0.1, -0.05) is 0 Å². The number of benzene rings is 1. The van der Waals surface area contributed by atoms with Gasteiger partial charge in [-0.15, -0.1) is 0 Å². The van der Waals surface area contributed by atoms with Crippen LogP contribution in [0.15, 0.2) is 42.6 Å². The quantitative estimate of drug-likeness (QED) is 0.786. The minimum atomic E-state index is -0.388. The maximum absolute atomic E-state index is 13.0. The molecule has 0 bridgehead atoms. The number of hydrogen-bond acceptors (Lipinski definition) is 5. The number of amides is 1. The lowest BCUT2D eigenvalue weighted by molar-refractivity contribution is 0.0525. The first-order chi connectivity index (χ1) is 12.6. The van der Waals surface area contributed by atoms with E-state index >= 15 is 0 Å². The van der Waals surface area contributed by atoms with Crippen molar-refractivity contribution >= 4 is 17.7 Å². The second-order valence-corrected chi connectivity index (χ2v) is 5.91. The molecule has 2 aromatic rings. The van der Waals surface area contributed by atoms with E-state index in [0.717, 1.165) is 5.82 Å². The van der Waals surface area contributed by atoms with Gasteiger partial charge in [-0.25, -0.2) is 14.2 Å². The fraction of sp³-hybridized carbons (Fsp3) is 0.316. The number of halogens is 1. The molecule has 1 aromatic heterocycles. The summed E-state index contributed by atoms with van der Waals surface area (Å²) in [5.74, 6) is -0.0906. The van der Waals surface area contributed by atoms with Gasteiger partial charge in [0.1, 0.15) is 11.6 Å². The van der Waals surface area contributed by atoms with Crippen LogP contribution in [0.5, 0.6) is 0 Å². The number of ether oxygens (including phenoxy) is 1. The van der Waals surface area contributed by atoms with Crippen LogP contribution < -0.4 is 4.90 Å². The van der Waals surface area contributed by atoms with Crippen molar-refractivity contribution in [3.05, 3.63) is 59.5 Å². The maximum Gasteiger partial charge on any atom is 0.339 e. The Bertz CT molecular complexity index is 770. The van der Waals surface area contributed by atoms with Gasteiger partial charge in [0.15, 0.2) is 0 Å². The molecular formula is C19H20FN3O3. The van der Waals surface area contributed by atoms with Gasteiger partial charge < -0.3 is 14.5 Å². The van der Waals surface area contributed by atoms with E-state index in [2.05, 4.69) is 9.88 Å². The maximum atomic E-state index is 13.0. The lowest BCUT2D eigenvalue weighted by atomic mass is 10.1. The summed E-state index contributed by atoms with van der Waals surface area (Å²) in [5, 5.41) is 0. The summed E-state index contributed by atoms with van der Waals surface area (Å²) in [6, 6.07) is 9.05. The molecule has 0 radical (unpaired) electrons. The van der Waals surface area contributed by atoms with E-state index in [-0.39, 0.29) is 17.7 Å². The molecule has 0 spiro atoms. The minimum absolute atomic E-state index is 0.102. The van der Waals surface area contributed by atoms with Gasteiger partial charge in [-0.2, -0.15) is 0 Å². The Morgan fingerprint density at radius 3 is 2.27 bits per heavy atom. The molecule has 1 aromatic carbocycles. The molecule has 0 unspecified atom stereocenters. The topological polar surface area (TPSA) is 62.7 Å². The van der Waals surface area contributed by atoms with Gasteiger partial charge >= 0.3 is 5.97 Å². The van der Waals surface area contributed by atoms with Crippen molar-refractivity contribution in [1.82, 2.24) is 9.88 Å². The molecule has 26 heavy (non-hydrogen) atoms. The predicted octanol–water partition coefficient (Wildman–Crippen LogP) is 2.36. The molecule has 1 aliphatic rings. The van der Waals surface area contributed by atoms with Crippen molar-refractivity contribution in [1.29, 1.82) is 0 Å². The first-order valence-electron chi connectivity index (χ1n) is 8.51. The van der Waals surface area contributed by atoms with Crippen LogP contribution in [0.25, 0.3) is 0 Å². The summed E-state index contributed by atoms with van der Waals surface area (Å²) in [7, 11) is 0. The van der Waals surface area contributed by atoms with Crippen LogP contribution in [0.3, 0.4) is 0 Å². The zero-order valence-corrected chi connectivity index (χ0v) is 14.5. The van der Waals surface area contributed by atoms with Crippen LogP contribution in [0.4, 0.5) is 10.2 Å². The van der Waals surface area contributed by atoms with Crippen LogP contribution >= 0.6 is 0 Å². The van der Waals surface area contributed by atoms with Crippen LogP contribution in [-0.2, 0) is 4.74 Å². The molecule has 136 valence electrons. The van der Waals surface area contributed by atoms with Gasteiger partial charge in [-0.3, -0.25) is 4.79 Å². The van der Waals surface area contributed by atoms with Gasteiger partial charge in [0, 0.05) is 37.9 Å². The first kappa shape index (κ1) is 17.8. The first-order valence-corrected chi connectivity index (χ1v) is 8.51. The van der Waals surface area contributed by atoms with Gasteiger partial charge in [0.2, 0.25) is 0 Å². The second kappa shape index (κ2) is 7.95. The number of carbonyl (C=O) groups is 2. The van der Waals surface area contributed by atoms with E-state index in [0.29, 0.717) is 43.9 Å². The summed E-state index contributed by atoms with van der Waals surface area (Å²) in [6.07, 6.45) is 1.50. The number of esters is 1. The third-order valence-electron chi connectivity index (χ3n) is 4.24. The highest BCUT2D eigenvalue weighted by molar-refractivity contribution is 5.94. The van der Waals surface area contributed by atoms with Gasteiger partial charge in [0.05, 0.1) is 12.2 Å². The molecule has 1 amide bonds.